The Kier molecular flexibility index (Phi) is 4.99. The standard InChI is InChI=1S/C19H19ClN4O2/c1-3-7-24(8-4-2)9-5-23(6-10-24)16-13-21-22-19(16)14-11-15(20)18(26)12-17(14)25/h1-2,11-13H,5-10H2,(H2-,21,22,25,26). The molecule has 3 rings (SSSR count). The maximum Gasteiger partial charge on any atom is 0.141 e. The van der Waals surface area contributed by atoms with Crippen molar-refractivity contribution in [3.8, 4) is 47.4 Å². The summed E-state index contributed by atoms with van der Waals surface area (Å²) in [5, 5.41) is 28.8. The molecule has 26 heavy (non-hydrogen) atoms. The number of anilines is 1. The Hall–Kier alpha value is -2.80. The van der Waals surface area contributed by atoms with E-state index in [1.165, 1.54) is 6.07 Å². The number of nitrogens with zero attached hydrogens (tertiary/aromatic N) is 3. The summed E-state index contributed by atoms with van der Waals surface area (Å²) < 4.78 is 0.707. The minimum absolute atomic E-state index is 0.0516. The normalized spacial score (nSPS) is 16.0. The first-order valence-corrected chi connectivity index (χ1v) is 8.58. The maximum atomic E-state index is 11.6. The Morgan fingerprint density at radius 3 is 2.54 bits per heavy atom. The van der Waals surface area contributed by atoms with Gasteiger partial charge in [-0.15, -0.1) is 12.8 Å². The van der Waals surface area contributed by atoms with E-state index in [2.05, 4.69) is 26.9 Å². The molecule has 134 valence electrons. The molecule has 0 aliphatic carbocycles. The van der Waals surface area contributed by atoms with E-state index in [1.54, 1.807) is 6.20 Å². The highest BCUT2D eigenvalue weighted by molar-refractivity contribution is 6.32. The van der Waals surface area contributed by atoms with Gasteiger partial charge in [-0.25, -0.2) is 0 Å². The molecule has 1 aromatic heterocycles. The fourth-order valence-electron chi connectivity index (χ4n) is 3.35. The van der Waals surface area contributed by atoms with Gasteiger partial charge in [0.25, 0.3) is 0 Å². The topological polar surface area (TPSA) is 75.2 Å². The number of nitrogens with one attached hydrogen (secondary N) is 1. The number of aromatic hydroxyl groups is 1. The molecule has 1 aliphatic heterocycles. The molecule has 0 unspecified atom stereocenters. The first kappa shape index (κ1) is 18.0. The largest absolute Gasteiger partial charge is 0.871 e. The minimum Gasteiger partial charge on any atom is -0.871 e. The van der Waals surface area contributed by atoms with Gasteiger partial charge >= 0.3 is 0 Å². The van der Waals surface area contributed by atoms with Crippen molar-refractivity contribution in [2.24, 2.45) is 0 Å². The van der Waals surface area contributed by atoms with E-state index in [9.17, 15) is 10.2 Å². The number of benzene rings is 1. The SMILES string of the molecule is C#CC[N+]1(CC#C)CCN(c2cn[nH]c2-c2cc(Cl)c([O-])cc2O)CC1. The van der Waals surface area contributed by atoms with E-state index < -0.39 is 5.75 Å². The number of piperazine rings is 1. The van der Waals surface area contributed by atoms with Gasteiger partial charge in [0.1, 0.15) is 18.8 Å². The van der Waals surface area contributed by atoms with Crippen molar-refractivity contribution in [1.82, 2.24) is 10.2 Å². The molecule has 0 amide bonds. The van der Waals surface area contributed by atoms with Gasteiger partial charge < -0.3 is 19.6 Å². The van der Waals surface area contributed by atoms with Crippen LogP contribution in [0.3, 0.4) is 0 Å². The number of terminal acetylenes is 2. The predicted octanol–water partition coefficient (Wildman–Crippen LogP) is 1.41. The molecule has 2 aromatic rings. The van der Waals surface area contributed by atoms with Crippen molar-refractivity contribution in [3.05, 3.63) is 23.4 Å². The first-order chi connectivity index (χ1) is 12.5. The minimum atomic E-state index is -0.419. The molecular weight excluding hydrogens is 352 g/mol. The summed E-state index contributed by atoms with van der Waals surface area (Å²) in [5.74, 6) is 4.91. The molecule has 1 aromatic carbocycles. The Morgan fingerprint density at radius 1 is 1.27 bits per heavy atom. The zero-order valence-electron chi connectivity index (χ0n) is 14.2. The van der Waals surface area contributed by atoms with Gasteiger partial charge in [-0.3, -0.25) is 5.10 Å². The first-order valence-electron chi connectivity index (χ1n) is 8.20. The average molecular weight is 371 g/mol. The summed E-state index contributed by atoms with van der Waals surface area (Å²) in [6.07, 6.45) is 12.7. The lowest BCUT2D eigenvalue weighted by Crippen LogP contribution is -2.60. The quantitative estimate of drug-likeness (QED) is 0.630. The van der Waals surface area contributed by atoms with Crippen molar-refractivity contribution < 1.29 is 14.7 Å². The summed E-state index contributed by atoms with van der Waals surface area (Å²) in [4.78, 5) is 2.17. The van der Waals surface area contributed by atoms with Crippen LogP contribution in [0.1, 0.15) is 0 Å². The highest BCUT2D eigenvalue weighted by atomic mass is 35.5. The van der Waals surface area contributed by atoms with Gasteiger partial charge in [-0.2, -0.15) is 5.10 Å². The van der Waals surface area contributed by atoms with Gasteiger partial charge in [0.15, 0.2) is 0 Å². The predicted molar refractivity (Wildman–Crippen MR) is 99.8 cm³/mol. The van der Waals surface area contributed by atoms with Crippen molar-refractivity contribution in [3.63, 3.8) is 0 Å². The summed E-state index contributed by atoms with van der Waals surface area (Å²) >= 11 is 5.94. The van der Waals surface area contributed by atoms with Gasteiger partial charge in [-0.1, -0.05) is 17.4 Å². The molecule has 7 heteroatoms. The van der Waals surface area contributed by atoms with Crippen molar-refractivity contribution in [1.29, 1.82) is 0 Å². The lowest BCUT2D eigenvalue weighted by atomic mass is 10.1. The van der Waals surface area contributed by atoms with Crippen LogP contribution in [0.25, 0.3) is 11.3 Å². The molecule has 0 radical (unpaired) electrons. The van der Waals surface area contributed by atoms with Crippen LogP contribution < -0.4 is 10.0 Å². The number of H-pyrrole nitrogens is 1. The van der Waals surface area contributed by atoms with Crippen LogP contribution in [0, 0.1) is 24.7 Å². The van der Waals surface area contributed by atoms with Crippen LogP contribution in [0.4, 0.5) is 5.69 Å². The summed E-state index contributed by atoms with van der Waals surface area (Å²) in [6.45, 7) is 4.37. The Balaban J connectivity index is 1.86. The van der Waals surface area contributed by atoms with E-state index in [4.69, 9.17) is 24.4 Å². The van der Waals surface area contributed by atoms with Crippen LogP contribution >= 0.6 is 11.6 Å². The smallest absolute Gasteiger partial charge is 0.141 e. The van der Waals surface area contributed by atoms with Gasteiger partial charge in [0.05, 0.1) is 43.8 Å². The molecule has 0 atom stereocenters. The molecule has 1 saturated heterocycles. The van der Waals surface area contributed by atoms with Crippen molar-refractivity contribution in [2.75, 3.05) is 44.2 Å². The summed E-state index contributed by atoms with van der Waals surface area (Å²) in [6, 6.07) is 2.57. The third-order valence-corrected chi connectivity index (χ3v) is 5.12. The second-order valence-corrected chi connectivity index (χ2v) is 6.84. The van der Waals surface area contributed by atoms with Crippen molar-refractivity contribution >= 4 is 17.3 Å². The summed E-state index contributed by atoms with van der Waals surface area (Å²) in [5.41, 5.74) is 1.91. The van der Waals surface area contributed by atoms with Crippen LogP contribution in [0.2, 0.25) is 5.02 Å². The molecule has 0 bridgehead atoms. The second-order valence-electron chi connectivity index (χ2n) is 6.43. The van der Waals surface area contributed by atoms with Gasteiger partial charge in [0, 0.05) is 10.6 Å². The Bertz CT molecular complexity index is 868. The van der Waals surface area contributed by atoms with Crippen LogP contribution in [0.5, 0.6) is 11.5 Å². The highest BCUT2D eigenvalue weighted by Gasteiger charge is 2.33. The van der Waals surface area contributed by atoms with Crippen LogP contribution in [-0.4, -0.2) is 59.1 Å². The number of aromatic nitrogens is 2. The van der Waals surface area contributed by atoms with Crippen molar-refractivity contribution in [2.45, 2.75) is 0 Å². The molecular formula is C19H19ClN4O2. The molecule has 2 heterocycles. The number of phenols is 1. The Labute approximate surface area is 157 Å². The third kappa shape index (κ3) is 3.30. The Morgan fingerprint density at radius 2 is 1.92 bits per heavy atom. The van der Waals surface area contributed by atoms with Crippen LogP contribution in [-0.2, 0) is 0 Å². The molecule has 1 aliphatic rings. The number of halogens is 1. The van der Waals surface area contributed by atoms with E-state index in [0.717, 1.165) is 37.9 Å². The average Bonchev–Trinajstić information content (AvgIpc) is 3.09. The zero-order valence-corrected chi connectivity index (χ0v) is 15.0. The number of rotatable bonds is 4. The fraction of sp³-hybridized carbons (Fsp3) is 0.316. The summed E-state index contributed by atoms with van der Waals surface area (Å²) in [7, 11) is 0. The van der Waals surface area contributed by atoms with E-state index in [-0.39, 0.29) is 10.8 Å². The lowest BCUT2D eigenvalue weighted by molar-refractivity contribution is -0.915. The number of hydrogen-bond acceptors (Lipinski definition) is 4. The van der Waals surface area contributed by atoms with E-state index >= 15 is 0 Å². The van der Waals surface area contributed by atoms with E-state index in [1.807, 2.05) is 0 Å². The van der Waals surface area contributed by atoms with Gasteiger partial charge in [-0.05, 0) is 24.0 Å². The second kappa shape index (κ2) is 7.21. The number of hydrogen-bond donors (Lipinski definition) is 2. The number of quaternary nitrogens is 1. The highest BCUT2D eigenvalue weighted by Crippen LogP contribution is 2.39. The zero-order chi connectivity index (χ0) is 18.7. The monoisotopic (exact) mass is 370 g/mol. The third-order valence-electron chi connectivity index (χ3n) is 4.82. The van der Waals surface area contributed by atoms with Gasteiger partial charge in [0.2, 0.25) is 0 Å². The fourth-order valence-corrected chi connectivity index (χ4v) is 3.51. The number of aromatic amines is 1. The van der Waals surface area contributed by atoms with Crippen LogP contribution in [0.15, 0.2) is 18.3 Å². The maximum absolute atomic E-state index is 11.6. The van der Waals surface area contributed by atoms with E-state index in [0.29, 0.717) is 28.8 Å². The lowest BCUT2D eigenvalue weighted by Gasteiger charge is -2.43. The number of phenolic OH excluding ortho intramolecular Hbond substituents is 1. The molecule has 1 fully saturated rings. The molecule has 0 spiro atoms. The molecule has 2 N–H and O–H groups in total. The molecule has 0 saturated carbocycles. The molecule has 6 nitrogen and oxygen atoms in total.